The van der Waals surface area contributed by atoms with Crippen LogP contribution in [0.2, 0.25) is 0 Å². The third-order valence-corrected chi connectivity index (χ3v) is 3.67. The Kier molecular flexibility index (Phi) is 3.00. The summed E-state index contributed by atoms with van der Waals surface area (Å²) in [4.78, 5) is 13.8. The third-order valence-electron chi connectivity index (χ3n) is 3.15. The van der Waals surface area contributed by atoms with E-state index in [2.05, 4.69) is 4.98 Å². The van der Waals surface area contributed by atoms with Gasteiger partial charge in [0.1, 0.15) is 0 Å². The summed E-state index contributed by atoms with van der Waals surface area (Å²) in [7, 11) is -3.65. The van der Waals surface area contributed by atoms with Crippen molar-refractivity contribution in [3.05, 3.63) is 48.0 Å². The summed E-state index contributed by atoms with van der Waals surface area (Å²) < 4.78 is 16.7. The van der Waals surface area contributed by atoms with Gasteiger partial charge < -0.3 is 9.42 Å². The lowest BCUT2D eigenvalue weighted by molar-refractivity contribution is 0.384. The smallest absolute Gasteiger partial charge is 0.374 e. The van der Waals surface area contributed by atoms with Crippen LogP contribution in [0.3, 0.4) is 0 Å². The second-order valence-corrected chi connectivity index (χ2v) is 6.61. The van der Waals surface area contributed by atoms with Gasteiger partial charge >= 0.3 is 7.60 Å². The van der Waals surface area contributed by atoms with Gasteiger partial charge in [-0.05, 0) is 30.0 Å². The van der Waals surface area contributed by atoms with Crippen LogP contribution in [-0.2, 0) is 4.57 Å². The zero-order valence-electron chi connectivity index (χ0n) is 11.2. The maximum absolute atomic E-state index is 11.5. The Morgan fingerprint density at radius 2 is 1.80 bits per heavy atom. The molecule has 4 nitrogen and oxygen atoms in total. The number of rotatable bonds is 2. The highest BCUT2D eigenvalue weighted by Gasteiger charge is 2.17. The van der Waals surface area contributed by atoms with Crippen LogP contribution in [0.1, 0.15) is 5.56 Å². The number of pyridine rings is 1. The van der Waals surface area contributed by atoms with Gasteiger partial charge in [0.25, 0.3) is 0 Å². The van der Waals surface area contributed by atoms with Gasteiger partial charge in [-0.25, -0.2) is 9.55 Å². The van der Waals surface area contributed by atoms with Crippen molar-refractivity contribution in [3.8, 4) is 5.88 Å². The second kappa shape index (κ2) is 4.58. The number of para-hydroxylation sites is 1. The molecular weight excluding hydrogens is 273 g/mol. The highest BCUT2D eigenvalue weighted by atomic mass is 31.2. The standard InChI is InChI=1S/C15H14NO3P/c1-10-6-5-8-12-14(10)11-7-3-4-9-13(11)16-15(12)19-20(2,17)18/h3-9H,1-2H3,(H,17,18). The fourth-order valence-corrected chi connectivity index (χ4v) is 2.85. The summed E-state index contributed by atoms with van der Waals surface area (Å²) in [5, 5.41) is 2.76. The van der Waals surface area contributed by atoms with Gasteiger partial charge in [-0.15, -0.1) is 0 Å². The number of nitrogens with zero attached hydrogens (tertiary/aromatic N) is 1. The van der Waals surface area contributed by atoms with Crippen LogP contribution < -0.4 is 4.52 Å². The fourth-order valence-electron chi connectivity index (χ4n) is 2.39. The lowest BCUT2D eigenvalue weighted by Crippen LogP contribution is -1.95. The van der Waals surface area contributed by atoms with Gasteiger partial charge in [0, 0.05) is 17.4 Å². The number of fused-ring (bicyclic) bond motifs is 3. The Labute approximate surface area is 116 Å². The Morgan fingerprint density at radius 3 is 2.55 bits per heavy atom. The van der Waals surface area contributed by atoms with E-state index in [-0.39, 0.29) is 5.88 Å². The van der Waals surface area contributed by atoms with Crippen molar-refractivity contribution < 1.29 is 14.0 Å². The highest BCUT2D eigenvalue weighted by molar-refractivity contribution is 7.52. The molecule has 0 aliphatic rings. The van der Waals surface area contributed by atoms with Gasteiger partial charge in [-0.2, -0.15) is 0 Å². The van der Waals surface area contributed by atoms with Crippen molar-refractivity contribution in [2.75, 3.05) is 6.66 Å². The number of benzene rings is 2. The van der Waals surface area contributed by atoms with Crippen LogP contribution in [0.4, 0.5) is 0 Å². The van der Waals surface area contributed by atoms with Gasteiger partial charge in [0.05, 0.1) is 5.52 Å². The largest absolute Gasteiger partial charge is 0.405 e. The van der Waals surface area contributed by atoms with E-state index < -0.39 is 7.60 Å². The molecule has 0 spiro atoms. The monoisotopic (exact) mass is 287 g/mol. The Balaban J connectivity index is 2.45. The first kappa shape index (κ1) is 13.1. The molecule has 0 aliphatic carbocycles. The molecule has 1 N–H and O–H groups in total. The van der Waals surface area contributed by atoms with E-state index in [9.17, 15) is 9.46 Å². The molecule has 1 atom stereocenters. The first-order valence-corrected chi connectivity index (χ1v) is 8.26. The zero-order valence-corrected chi connectivity index (χ0v) is 12.1. The summed E-state index contributed by atoms with van der Waals surface area (Å²) in [5.41, 5.74) is 1.83. The molecule has 0 fully saturated rings. The zero-order chi connectivity index (χ0) is 14.3. The lowest BCUT2D eigenvalue weighted by atomic mass is 10.0. The maximum Gasteiger partial charge on any atom is 0.374 e. The van der Waals surface area contributed by atoms with Crippen LogP contribution >= 0.6 is 7.60 Å². The molecular formula is C15H14NO3P. The molecule has 1 heterocycles. The second-order valence-electron chi connectivity index (χ2n) is 4.83. The molecule has 0 bridgehead atoms. The summed E-state index contributed by atoms with van der Waals surface area (Å²) >= 11 is 0. The van der Waals surface area contributed by atoms with E-state index in [0.717, 1.165) is 33.9 Å². The normalized spacial score (nSPS) is 14.3. The number of hydrogen-bond donors (Lipinski definition) is 1. The molecule has 1 unspecified atom stereocenters. The van der Waals surface area contributed by atoms with E-state index in [1.54, 1.807) is 0 Å². The predicted molar refractivity (Wildman–Crippen MR) is 80.4 cm³/mol. The van der Waals surface area contributed by atoms with Crippen molar-refractivity contribution in [1.82, 2.24) is 4.98 Å². The minimum Gasteiger partial charge on any atom is -0.405 e. The summed E-state index contributed by atoms with van der Waals surface area (Å²) in [6.45, 7) is 3.16. The molecule has 0 saturated heterocycles. The quantitative estimate of drug-likeness (QED) is 0.574. The minimum atomic E-state index is -3.65. The molecule has 0 aliphatic heterocycles. The SMILES string of the molecule is Cc1cccc2c(OP(C)(=O)O)nc3ccccc3c12. The van der Waals surface area contributed by atoms with Crippen molar-refractivity contribution in [1.29, 1.82) is 0 Å². The topological polar surface area (TPSA) is 59.4 Å². The molecule has 0 amide bonds. The van der Waals surface area contributed by atoms with Crippen LogP contribution in [0, 0.1) is 6.92 Å². The molecule has 2 aromatic carbocycles. The van der Waals surface area contributed by atoms with Crippen LogP contribution in [0.15, 0.2) is 42.5 Å². The molecule has 20 heavy (non-hydrogen) atoms. The van der Waals surface area contributed by atoms with Crippen LogP contribution in [-0.4, -0.2) is 16.5 Å². The van der Waals surface area contributed by atoms with E-state index in [4.69, 9.17) is 4.52 Å². The Bertz CT molecular complexity index is 854. The third kappa shape index (κ3) is 2.28. The van der Waals surface area contributed by atoms with Crippen molar-refractivity contribution in [2.45, 2.75) is 6.92 Å². The van der Waals surface area contributed by atoms with Crippen molar-refractivity contribution in [2.24, 2.45) is 0 Å². The lowest BCUT2D eigenvalue weighted by Gasteiger charge is -2.13. The predicted octanol–water partition coefficient (Wildman–Crippen LogP) is 3.89. The first-order chi connectivity index (χ1) is 9.46. The van der Waals surface area contributed by atoms with Gasteiger partial charge in [0.2, 0.25) is 5.88 Å². The number of hydrogen-bond acceptors (Lipinski definition) is 3. The molecule has 0 saturated carbocycles. The average molecular weight is 287 g/mol. The van der Waals surface area contributed by atoms with E-state index >= 15 is 0 Å². The van der Waals surface area contributed by atoms with Gasteiger partial charge in [-0.3, -0.25) is 0 Å². The number of aryl methyl sites for hydroxylation is 1. The van der Waals surface area contributed by atoms with E-state index in [1.807, 2.05) is 49.4 Å². The average Bonchev–Trinajstić information content (AvgIpc) is 2.37. The van der Waals surface area contributed by atoms with Gasteiger partial charge in [0.15, 0.2) is 0 Å². The molecule has 3 rings (SSSR count). The summed E-state index contributed by atoms with van der Waals surface area (Å²) in [6, 6.07) is 13.4. The van der Waals surface area contributed by atoms with E-state index in [0.29, 0.717) is 0 Å². The molecule has 3 aromatic rings. The number of aromatic nitrogens is 1. The molecule has 102 valence electrons. The van der Waals surface area contributed by atoms with Crippen LogP contribution in [0.25, 0.3) is 21.7 Å². The van der Waals surface area contributed by atoms with E-state index in [1.165, 1.54) is 0 Å². The highest BCUT2D eigenvalue weighted by Crippen LogP contribution is 2.42. The van der Waals surface area contributed by atoms with Crippen molar-refractivity contribution >= 4 is 29.3 Å². The van der Waals surface area contributed by atoms with Gasteiger partial charge in [-0.1, -0.05) is 30.3 Å². The molecule has 5 heteroatoms. The van der Waals surface area contributed by atoms with Crippen molar-refractivity contribution in [3.63, 3.8) is 0 Å². The summed E-state index contributed by atoms with van der Waals surface area (Å²) in [6.07, 6.45) is 0. The minimum absolute atomic E-state index is 0.204. The summed E-state index contributed by atoms with van der Waals surface area (Å²) in [5.74, 6) is 0.204. The Hall–Kier alpha value is -1.90. The maximum atomic E-state index is 11.5. The molecule has 0 radical (unpaired) electrons. The first-order valence-electron chi connectivity index (χ1n) is 6.24. The fraction of sp³-hybridized carbons (Fsp3) is 0.133. The van der Waals surface area contributed by atoms with Crippen LogP contribution in [0.5, 0.6) is 5.88 Å². The molecule has 1 aromatic heterocycles. The Morgan fingerprint density at radius 1 is 1.10 bits per heavy atom.